The maximum atomic E-state index is 11.7. The van der Waals surface area contributed by atoms with Crippen LogP contribution in [0.15, 0.2) is 38.5 Å². The van der Waals surface area contributed by atoms with Gasteiger partial charge < -0.3 is 10.2 Å². The fourth-order valence-electron chi connectivity index (χ4n) is 1.12. The van der Waals surface area contributed by atoms with Crippen LogP contribution in [0.25, 0.3) is 0 Å². The summed E-state index contributed by atoms with van der Waals surface area (Å²) in [6, 6.07) is 4.83. The molecule has 3 N–H and O–H groups in total. The summed E-state index contributed by atoms with van der Waals surface area (Å²) in [6.45, 7) is 0.132. The number of nitrogens with two attached hydrogens (primary N) is 1. The first-order chi connectivity index (χ1) is 7.58. The molecule has 0 bridgehead atoms. The minimum Gasteiger partial charge on any atom is -0.468 e. The third-order valence-corrected chi connectivity index (χ3v) is 4.74. The molecule has 0 aliphatic rings. The van der Waals surface area contributed by atoms with E-state index in [1.54, 1.807) is 17.5 Å². The van der Waals surface area contributed by atoms with Gasteiger partial charge in [0.05, 0.1) is 12.8 Å². The Labute approximate surface area is 96.9 Å². The number of furan rings is 1. The maximum Gasteiger partial charge on any atom is 0.250 e. The quantitative estimate of drug-likeness (QED) is 0.868. The number of hydrogen-bond donors (Lipinski definition) is 2. The second-order valence-corrected chi connectivity index (χ2v) is 6.01. The fraction of sp³-hybridized carbons (Fsp3) is 0.111. The lowest BCUT2D eigenvalue weighted by atomic mass is 10.5. The summed E-state index contributed by atoms with van der Waals surface area (Å²) >= 11 is 1.09. The Morgan fingerprint density at radius 1 is 1.50 bits per heavy atom. The number of nitrogen functional groups attached to an aromatic ring is 1. The molecule has 7 heteroatoms. The van der Waals surface area contributed by atoms with Crippen LogP contribution in [-0.4, -0.2) is 8.42 Å². The normalized spacial score (nSPS) is 11.8. The molecule has 0 aromatic carbocycles. The first kappa shape index (κ1) is 11.2. The molecule has 0 aliphatic carbocycles. The summed E-state index contributed by atoms with van der Waals surface area (Å²) in [4.78, 5) is 0. The first-order valence-electron chi connectivity index (χ1n) is 4.44. The second-order valence-electron chi connectivity index (χ2n) is 3.10. The lowest BCUT2D eigenvalue weighted by Gasteiger charge is -2.01. The van der Waals surface area contributed by atoms with Crippen LogP contribution in [0, 0.1) is 0 Å². The molecular formula is C9H10N2O3S2. The van der Waals surface area contributed by atoms with E-state index in [0.29, 0.717) is 11.4 Å². The zero-order valence-corrected chi connectivity index (χ0v) is 9.85. The van der Waals surface area contributed by atoms with Gasteiger partial charge in [-0.05, 0) is 18.2 Å². The summed E-state index contributed by atoms with van der Waals surface area (Å²) in [5.74, 6) is 0.563. The SMILES string of the molecule is Nc1csc(S(=O)(=O)NCc2ccco2)c1. The average molecular weight is 258 g/mol. The summed E-state index contributed by atoms with van der Waals surface area (Å²) < 4.78 is 31.1. The van der Waals surface area contributed by atoms with E-state index in [4.69, 9.17) is 10.2 Å². The lowest BCUT2D eigenvalue weighted by molar-refractivity contribution is 0.499. The molecule has 2 heterocycles. The van der Waals surface area contributed by atoms with E-state index in [1.807, 2.05) is 0 Å². The van der Waals surface area contributed by atoms with E-state index in [9.17, 15) is 8.42 Å². The summed E-state index contributed by atoms with van der Waals surface area (Å²) in [6.07, 6.45) is 1.49. The molecule has 0 spiro atoms. The molecule has 0 fully saturated rings. The van der Waals surface area contributed by atoms with Crippen molar-refractivity contribution in [3.8, 4) is 0 Å². The highest BCUT2D eigenvalue weighted by atomic mass is 32.2. The van der Waals surface area contributed by atoms with E-state index >= 15 is 0 Å². The molecule has 0 atom stereocenters. The molecular weight excluding hydrogens is 248 g/mol. The predicted octanol–water partition coefficient (Wildman–Crippen LogP) is 1.40. The molecule has 86 valence electrons. The van der Waals surface area contributed by atoms with Crippen molar-refractivity contribution < 1.29 is 12.8 Å². The van der Waals surface area contributed by atoms with Crippen LogP contribution < -0.4 is 10.5 Å². The second kappa shape index (κ2) is 4.28. The van der Waals surface area contributed by atoms with Crippen molar-refractivity contribution in [1.82, 2.24) is 4.72 Å². The highest BCUT2D eigenvalue weighted by Crippen LogP contribution is 2.21. The van der Waals surface area contributed by atoms with E-state index < -0.39 is 10.0 Å². The van der Waals surface area contributed by atoms with E-state index in [0.717, 1.165) is 11.3 Å². The van der Waals surface area contributed by atoms with Gasteiger partial charge in [-0.3, -0.25) is 0 Å². The number of anilines is 1. The van der Waals surface area contributed by atoms with Crippen molar-refractivity contribution in [2.75, 3.05) is 5.73 Å². The third-order valence-electron chi connectivity index (χ3n) is 1.88. The standard InChI is InChI=1S/C9H10N2O3S2/c10-7-4-9(15-6-7)16(12,13)11-5-8-2-1-3-14-8/h1-4,6,11H,5,10H2. The van der Waals surface area contributed by atoms with Gasteiger partial charge in [-0.25, -0.2) is 13.1 Å². The van der Waals surface area contributed by atoms with E-state index in [2.05, 4.69) is 4.72 Å². The van der Waals surface area contributed by atoms with Gasteiger partial charge in [-0.15, -0.1) is 11.3 Å². The smallest absolute Gasteiger partial charge is 0.250 e. The molecule has 5 nitrogen and oxygen atoms in total. The van der Waals surface area contributed by atoms with Crippen LogP contribution >= 0.6 is 11.3 Å². The van der Waals surface area contributed by atoms with Gasteiger partial charge in [0.15, 0.2) is 0 Å². The molecule has 16 heavy (non-hydrogen) atoms. The topological polar surface area (TPSA) is 85.3 Å². The average Bonchev–Trinajstić information content (AvgIpc) is 2.85. The maximum absolute atomic E-state index is 11.7. The van der Waals surface area contributed by atoms with Crippen LogP contribution in [0.1, 0.15) is 5.76 Å². The first-order valence-corrected chi connectivity index (χ1v) is 6.80. The molecule has 0 amide bonds. The number of hydrogen-bond acceptors (Lipinski definition) is 5. The summed E-state index contributed by atoms with van der Waals surface area (Å²) in [5, 5.41) is 1.58. The van der Waals surface area contributed by atoms with Crippen molar-refractivity contribution in [3.63, 3.8) is 0 Å². The van der Waals surface area contributed by atoms with Gasteiger partial charge in [-0.2, -0.15) is 0 Å². The van der Waals surface area contributed by atoms with Gasteiger partial charge >= 0.3 is 0 Å². The van der Waals surface area contributed by atoms with Crippen molar-refractivity contribution in [3.05, 3.63) is 35.6 Å². The number of thiophene rings is 1. The lowest BCUT2D eigenvalue weighted by Crippen LogP contribution is -2.22. The fourth-order valence-corrected chi connectivity index (χ4v) is 3.24. The van der Waals surface area contributed by atoms with Gasteiger partial charge in [0, 0.05) is 11.1 Å². The Morgan fingerprint density at radius 3 is 2.88 bits per heavy atom. The van der Waals surface area contributed by atoms with Gasteiger partial charge in [0.1, 0.15) is 9.97 Å². The van der Waals surface area contributed by atoms with Crippen molar-refractivity contribution in [2.45, 2.75) is 10.8 Å². The summed E-state index contributed by atoms with van der Waals surface area (Å²) in [5.41, 5.74) is 5.91. The van der Waals surface area contributed by atoms with E-state index in [-0.39, 0.29) is 10.8 Å². The minimum atomic E-state index is -3.49. The molecule has 2 aromatic rings. The molecule has 0 aliphatic heterocycles. The largest absolute Gasteiger partial charge is 0.468 e. The van der Waals surface area contributed by atoms with Crippen LogP contribution in [0.2, 0.25) is 0 Å². The van der Waals surface area contributed by atoms with Crippen LogP contribution in [-0.2, 0) is 16.6 Å². The number of sulfonamides is 1. The molecule has 2 aromatic heterocycles. The Bertz CT molecular complexity index is 557. The van der Waals surface area contributed by atoms with Crippen LogP contribution in [0.4, 0.5) is 5.69 Å². The molecule has 0 saturated carbocycles. The van der Waals surface area contributed by atoms with Crippen molar-refractivity contribution in [1.29, 1.82) is 0 Å². The third kappa shape index (κ3) is 2.43. The highest BCUT2D eigenvalue weighted by molar-refractivity contribution is 7.91. The van der Waals surface area contributed by atoms with Crippen LogP contribution in [0.3, 0.4) is 0 Å². The predicted molar refractivity (Wildman–Crippen MR) is 61.5 cm³/mol. The molecule has 2 rings (SSSR count). The number of nitrogens with one attached hydrogen (secondary N) is 1. The monoisotopic (exact) mass is 258 g/mol. The van der Waals surface area contributed by atoms with Gasteiger partial charge in [0.2, 0.25) is 0 Å². The zero-order chi connectivity index (χ0) is 11.6. The molecule has 0 unspecified atom stereocenters. The van der Waals surface area contributed by atoms with E-state index in [1.165, 1.54) is 12.3 Å². The van der Waals surface area contributed by atoms with Crippen LogP contribution in [0.5, 0.6) is 0 Å². The highest BCUT2D eigenvalue weighted by Gasteiger charge is 2.16. The summed E-state index contributed by atoms with van der Waals surface area (Å²) in [7, 11) is -3.49. The minimum absolute atomic E-state index is 0.132. The Morgan fingerprint density at radius 2 is 2.31 bits per heavy atom. The number of rotatable bonds is 4. The molecule has 0 saturated heterocycles. The van der Waals surface area contributed by atoms with Gasteiger partial charge in [0.25, 0.3) is 10.0 Å². The van der Waals surface area contributed by atoms with Gasteiger partial charge in [-0.1, -0.05) is 0 Å². The Balaban J connectivity index is 2.09. The Hall–Kier alpha value is -1.31. The van der Waals surface area contributed by atoms with Crippen molar-refractivity contribution >= 4 is 27.0 Å². The van der Waals surface area contributed by atoms with Crippen molar-refractivity contribution in [2.24, 2.45) is 0 Å². The Kier molecular flexibility index (Phi) is 2.99. The molecule has 0 radical (unpaired) electrons. The zero-order valence-electron chi connectivity index (χ0n) is 8.21.